The van der Waals surface area contributed by atoms with Crippen molar-refractivity contribution in [3.63, 3.8) is 0 Å². The number of hydrogen-bond acceptors (Lipinski definition) is 3. The maximum Gasteiger partial charge on any atom is 0.0655 e. The minimum Gasteiger partial charge on any atom is -0.385 e. The van der Waals surface area contributed by atoms with E-state index in [1.54, 1.807) is 0 Å². The molecule has 0 bridgehead atoms. The van der Waals surface area contributed by atoms with Crippen LogP contribution in [0.4, 0.5) is 0 Å². The van der Waals surface area contributed by atoms with Crippen molar-refractivity contribution in [1.82, 2.24) is 10.6 Å². The first-order valence-electron chi connectivity index (χ1n) is 2.96. The molecule has 2 nitrogen and oxygen atoms in total. The van der Waals surface area contributed by atoms with E-state index in [9.17, 15) is 0 Å². The molecule has 0 amide bonds. The molecular weight excluding hydrogens is 132 g/mol. The Balaban J connectivity index is 2.28. The lowest BCUT2D eigenvalue weighted by Gasteiger charge is -2.08. The van der Waals surface area contributed by atoms with E-state index < -0.39 is 0 Å². The minimum absolute atomic E-state index is 0.971. The zero-order valence-electron chi connectivity index (χ0n) is 4.98. The van der Waals surface area contributed by atoms with Gasteiger partial charge in [-0.2, -0.15) is 0 Å². The van der Waals surface area contributed by atoms with Gasteiger partial charge in [-0.1, -0.05) is 0 Å². The fraction of sp³-hybridized carbons (Fsp3) is 0.333. The molecule has 48 valence electrons. The van der Waals surface area contributed by atoms with Crippen LogP contribution in [0.5, 0.6) is 0 Å². The number of nitrogens with one attached hydrogen (secondary N) is 2. The van der Waals surface area contributed by atoms with Crippen molar-refractivity contribution in [2.75, 3.05) is 12.4 Å². The van der Waals surface area contributed by atoms with E-state index in [1.165, 1.54) is 10.6 Å². The summed E-state index contributed by atoms with van der Waals surface area (Å²) in [7, 11) is 0. The fourth-order valence-electron chi connectivity index (χ4n) is 0.969. The normalized spacial score (nSPS) is 23.1. The van der Waals surface area contributed by atoms with Crippen LogP contribution in [0.15, 0.2) is 22.9 Å². The Labute approximate surface area is 58.4 Å². The third kappa shape index (κ3) is 0.812. The largest absolute Gasteiger partial charge is 0.385 e. The predicted octanol–water partition coefficient (Wildman–Crippen LogP) is 0.609. The van der Waals surface area contributed by atoms with E-state index in [4.69, 9.17) is 0 Å². The monoisotopic (exact) mass is 140 g/mol. The van der Waals surface area contributed by atoms with Crippen molar-refractivity contribution in [3.05, 3.63) is 22.9 Å². The van der Waals surface area contributed by atoms with Gasteiger partial charge in [-0.25, -0.2) is 0 Å². The second-order valence-electron chi connectivity index (χ2n) is 2.02. The average Bonchev–Trinajstić information content (AvgIpc) is 2.33. The van der Waals surface area contributed by atoms with Crippen molar-refractivity contribution >= 4 is 11.8 Å². The number of rotatable bonds is 0. The Hall–Kier alpha value is -0.570. The fourth-order valence-corrected chi connectivity index (χ4v) is 1.85. The highest BCUT2D eigenvalue weighted by atomic mass is 32.2. The highest BCUT2D eigenvalue weighted by Gasteiger charge is 2.12. The molecule has 2 aliphatic rings. The Morgan fingerprint density at radius 3 is 3.44 bits per heavy atom. The molecule has 0 fully saturated rings. The Bertz CT molecular complexity index is 183. The van der Waals surface area contributed by atoms with Crippen molar-refractivity contribution < 1.29 is 0 Å². The van der Waals surface area contributed by atoms with Gasteiger partial charge in [0.2, 0.25) is 0 Å². The molecule has 0 unspecified atom stereocenters. The third-order valence-corrected chi connectivity index (χ3v) is 2.42. The molecule has 0 aromatic heterocycles. The minimum atomic E-state index is 0.971. The Morgan fingerprint density at radius 1 is 1.56 bits per heavy atom. The summed E-state index contributed by atoms with van der Waals surface area (Å²) in [4.78, 5) is 1.40. The highest BCUT2D eigenvalue weighted by Crippen LogP contribution is 2.26. The topological polar surface area (TPSA) is 24.1 Å². The van der Waals surface area contributed by atoms with Crippen LogP contribution in [0.2, 0.25) is 0 Å². The van der Waals surface area contributed by atoms with Gasteiger partial charge in [-0.05, 0) is 12.3 Å². The van der Waals surface area contributed by atoms with Crippen LogP contribution in [-0.2, 0) is 0 Å². The zero-order valence-corrected chi connectivity index (χ0v) is 5.79. The van der Waals surface area contributed by atoms with Gasteiger partial charge in [0.1, 0.15) is 0 Å². The number of allylic oxidation sites excluding steroid dienone is 1. The number of thioether (sulfide) groups is 1. The molecule has 0 aliphatic carbocycles. The molecule has 0 aromatic rings. The summed E-state index contributed by atoms with van der Waals surface area (Å²) in [6.45, 7) is 0.971. The summed E-state index contributed by atoms with van der Waals surface area (Å²) in [5.74, 6) is 1.04. The van der Waals surface area contributed by atoms with Crippen LogP contribution < -0.4 is 10.6 Å². The molecule has 3 heteroatoms. The summed E-state index contributed by atoms with van der Waals surface area (Å²) >= 11 is 1.87. The van der Waals surface area contributed by atoms with E-state index >= 15 is 0 Å². The van der Waals surface area contributed by atoms with E-state index in [-0.39, 0.29) is 0 Å². The smallest absolute Gasteiger partial charge is 0.0655 e. The first-order valence-corrected chi connectivity index (χ1v) is 3.95. The van der Waals surface area contributed by atoms with Crippen LogP contribution in [0.25, 0.3) is 0 Å². The quantitative estimate of drug-likeness (QED) is 0.515. The molecule has 0 atom stereocenters. The van der Waals surface area contributed by atoms with Gasteiger partial charge in [0, 0.05) is 10.6 Å². The average molecular weight is 140 g/mol. The first-order chi connectivity index (χ1) is 4.47. The SMILES string of the molecule is C1=CC2=C(CN1)NCS2. The molecule has 0 radical (unpaired) electrons. The number of dihydropyridines is 1. The summed E-state index contributed by atoms with van der Waals surface area (Å²) < 4.78 is 0. The van der Waals surface area contributed by atoms with Crippen molar-refractivity contribution in [2.45, 2.75) is 0 Å². The lowest BCUT2D eigenvalue weighted by atomic mass is 10.3. The molecule has 0 saturated heterocycles. The van der Waals surface area contributed by atoms with Gasteiger partial charge in [0.05, 0.1) is 12.4 Å². The van der Waals surface area contributed by atoms with Crippen molar-refractivity contribution in [1.29, 1.82) is 0 Å². The molecule has 9 heavy (non-hydrogen) atoms. The lowest BCUT2D eigenvalue weighted by molar-refractivity contribution is 0.829. The van der Waals surface area contributed by atoms with Gasteiger partial charge in [0.25, 0.3) is 0 Å². The first kappa shape index (κ1) is 5.23. The molecule has 0 aromatic carbocycles. The molecule has 0 saturated carbocycles. The maximum absolute atomic E-state index is 3.29. The van der Waals surface area contributed by atoms with Gasteiger partial charge >= 0.3 is 0 Å². The van der Waals surface area contributed by atoms with Crippen LogP contribution in [0.3, 0.4) is 0 Å². The molecule has 2 N–H and O–H groups in total. The second-order valence-corrected chi connectivity index (χ2v) is 3.04. The molecule has 2 aliphatic heterocycles. The lowest BCUT2D eigenvalue weighted by Crippen LogP contribution is -2.20. The molecule has 2 rings (SSSR count). The van der Waals surface area contributed by atoms with Crippen molar-refractivity contribution in [2.24, 2.45) is 0 Å². The molecule has 2 heterocycles. The molecular formula is C6H8N2S. The number of hydrogen-bond donors (Lipinski definition) is 2. The van der Waals surface area contributed by atoms with Crippen LogP contribution in [0, 0.1) is 0 Å². The van der Waals surface area contributed by atoms with Gasteiger partial charge in [-0.3, -0.25) is 0 Å². The van der Waals surface area contributed by atoms with E-state index in [2.05, 4.69) is 16.7 Å². The second kappa shape index (κ2) is 1.99. The van der Waals surface area contributed by atoms with Gasteiger partial charge in [-0.15, -0.1) is 11.8 Å². The van der Waals surface area contributed by atoms with Crippen molar-refractivity contribution in [3.8, 4) is 0 Å². The van der Waals surface area contributed by atoms with Crippen LogP contribution in [0.1, 0.15) is 0 Å². The van der Waals surface area contributed by atoms with Gasteiger partial charge < -0.3 is 10.6 Å². The summed E-state index contributed by atoms with van der Waals surface area (Å²) in [6.07, 6.45) is 4.11. The summed E-state index contributed by atoms with van der Waals surface area (Å²) in [5.41, 5.74) is 1.35. The zero-order chi connectivity index (χ0) is 6.10. The summed E-state index contributed by atoms with van der Waals surface area (Å²) in [6, 6.07) is 0. The standard InChI is InChI=1S/C6H8N2S/c1-2-7-3-5-6(1)9-4-8-5/h1-2,7-8H,3-4H2. The molecule has 0 spiro atoms. The Morgan fingerprint density at radius 2 is 2.56 bits per heavy atom. The Kier molecular flexibility index (Phi) is 1.16. The van der Waals surface area contributed by atoms with Crippen LogP contribution in [-0.4, -0.2) is 12.4 Å². The van der Waals surface area contributed by atoms with Gasteiger partial charge in [0.15, 0.2) is 0 Å². The predicted molar refractivity (Wildman–Crippen MR) is 39.8 cm³/mol. The van der Waals surface area contributed by atoms with E-state index in [0.29, 0.717) is 0 Å². The van der Waals surface area contributed by atoms with E-state index in [1.807, 2.05) is 18.0 Å². The summed E-state index contributed by atoms with van der Waals surface area (Å²) in [5, 5.41) is 6.43. The van der Waals surface area contributed by atoms with E-state index in [0.717, 1.165) is 12.4 Å². The highest BCUT2D eigenvalue weighted by molar-refractivity contribution is 8.03. The third-order valence-electron chi connectivity index (χ3n) is 1.44. The maximum atomic E-state index is 3.29. The van der Waals surface area contributed by atoms with Crippen LogP contribution >= 0.6 is 11.8 Å².